The molecule has 1 aromatic rings. The lowest BCUT2D eigenvalue weighted by atomic mass is 10.1. The van der Waals surface area contributed by atoms with Crippen molar-refractivity contribution in [1.29, 1.82) is 0 Å². The highest BCUT2D eigenvalue weighted by Gasteiger charge is 2.13. The van der Waals surface area contributed by atoms with Crippen molar-refractivity contribution in [3.63, 3.8) is 0 Å². The predicted octanol–water partition coefficient (Wildman–Crippen LogP) is 2.56. The third kappa shape index (κ3) is 3.81. The van der Waals surface area contributed by atoms with E-state index in [0.29, 0.717) is 17.2 Å². The molecule has 1 aromatic carbocycles. The minimum absolute atomic E-state index is 0.120. The first kappa shape index (κ1) is 15.9. The van der Waals surface area contributed by atoms with Crippen molar-refractivity contribution in [1.82, 2.24) is 5.32 Å². The van der Waals surface area contributed by atoms with Crippen molar-refractivity contribution >= 4 is 12.0 Å². The molecule has 2 rings (SSSR count). The predicted molar refractivity (Wildman–Crippen MR) is 85.4 cm³/mol. The first-order chi connectivity index (χ1) is 10.7. The number of amides is 1. The average Bonchev–Trinajstić information content (AvgIpc) is 3.04. The number of carbonyl (C=O) groups excluding carboxylic acids is 1. The highest BCUT2D eigenvalue weighted by Crippen LogP contribution is 2.38. The van der Waals surface area contributed by atoms with Crippen LogP contribution in [0.3, 0.4) is 0 Å². The molecule has 1 N–H and O–H groups in total. The highest BCUT2D eigenvalue weighted by molar-refractivity contribution is 5.92. The van der Waals surface area contributed by atoms with Crippen molar-refractivity contribution in [2.24, 2.45) is 0 Å². The van der Waals surface area contributed by atoms with E-state index in [0.717, 1.165) is 18.4 Å². The van der Waals surface area contributed by atoms with Crippen LogP contribution < -0.4 is 19.5 Å². The van der Waals surface area contributed by atoms with Crippen LogP contribution in [0.15, 0.2) is 30.4 Å². The summed E-state index contributed by atoms with van der Waals surface area (Å²) in [6.07, 6.45) is 9.30. The molecule has 0 bridgehead atoms. The first-order valence-corrected chi connectivity index (χ1v) is 7.13. The Bertz CT molecular complexity index is 567. The van der Waals surface area contributed by atoms with Crippen molar-refractivity contribution in [2.45, 2.75) is 18.9 Å². The fourth-order valence-electron chi connectivity index (χ4n) is 2.35. The molecule has 0 aliphatic heterocycles. The molecule has 1 aliphatic carbocycles. The van der Waals surface area contributed by atoms with Gasteiger partial charge in [0.15, 0.2) is 11.5 Å². The molecular formula is C17H21NO4. The summed E-state index contributed by atoms with van der Waals surface area (Å²) in [6, 6.07) is 3.72. The van der Waals surface area contributed by atoms with E-state index in [-0.39, 0.29) is 11.9 Å². The fraction of sp³-hybridized carbons (Fsp3) is 0.353. The maximum absolute atomic E-state index is 11.9. The van der Waals surface area contributed by atoms with E-state index >= 15 is 0 Å². The summed E-state index contributed by atoms with van der Waals surface area (Å²) in [6.45, 7) is 0. The Kier molecular flexibility index (Phi) is 5.47. The van der Waals surface area contributed by atoms with Gasteiger partial charge in [-0.2, -0.15) is 0 Å². The Balaban J connectivity index is 2.12. The molecule has 0 fully saturated rings. The van der Waals surface area contributed by atoms with Gasteiger partial charge >= 0.3 is 0 Å². The molecule has 0 saturated carbocycles. The molecule has 0 aromatic heterocycles. The minimum atomic E-state index is -0.120. The van der Waals surface area contributed by atoms with E-state index in [4.69, 9.17) is 14.2 Å². The number of rotatable bonds is 6. The van der Waals surface area contributed by atoms with Gasteiger partial charge in [0.1, 0.15) is 0 Å². The second kappa shape index (κ2) is 7.54. The molecule has 0 radical (unpaired) electrons. The third-order valence-electron chi connectivity index (χ3n) is 3.45. The number of allylic oxidation sites excluding steroid dienone is 1. The maximum atomic E-state index is 11.9. The minimum Gasteiger partial charge on any atom is -0.493 e. The van der Waals surface area contributed by atoms with E-state index in [1.54, 1.807) is 39.5 Å². The largest absolute Gasteiger partial charge is 0.493 e. The Labute approximate surface area is 130 Å². The van der Waals surface area contributed by atoms with Crippen molar-refractivity contribution in [3.8, 4) is 17.2 Å². The van der Waals surface area contributed by atoms with Crippen LogP contribution in [-0.2, 0) is 4.79 Å². The van der Waals surface area contributed by atoms with Crippen LogP contribution in [0.1, 0.15) is 18.4 Å². The topological polar surface area (TPSA) is 56.8 Å². The van der Waals surface area contributed by atoms with Crippen LogP contribution in [-0.4, -0.2) is 33.3 Å². The van der Waals surface area contributed by atoms with E-state index in [1.165, 1.54) is 6.08 Å². The zero-order chi connectivity index (χ0) is 15.9. The van der Waals surface area contributed by atoms with E-state index < -0.39 is 0 Å². The molecule has 5 heteroatoms. The standard InChI is InChI=1S/C17H21NO4/c1-20-14-10-12(11-15(21-2)17(14)22-3)8-9-16(19)18-13-6-4-5-7-13/h4,6,8-11,13H,5,7H2,1-3H3,(H,18,19)/b9-8-. The highest BCUT2D eigenvalue weighted by atomic mass is 16.5. The van der Waals surface area contributed by atoms with Crippen LogP contribution in [0.4, 0.5) is 0 Å². The van der Waals surface area contributed by atoms with Gasteiger partial charge in [0, 0.05) is 12.1 Å². The summed E-state index contributed by atoms with van der Waals surface area (Å²) < 4.78 is 15.8. The number of nitrogens with one attached hydrogen (secondary N) is 1. The Morgan fingerprint density at radius 1 is 1.18 bits per heavy atom. The van der Waals surface area contributed by atoms with Gasteiger partial charge in [-0.15, -0.1) is 0 Å². The third-order valence-corrected chi connectivity index (χ3v) is 3.45. The lowest BCUT2D eigenvalue weighted by molar-refractivity contribution is -0.116. The number of hydrogen-bond donors (Lipinski definition) is 1. The first-order valence-electron chi connectivity index (χ1n) is 7.13. The zero-order valence-corrected chi connectivity index (χ0v) is 13.1. The van der Waals surface area contributed by atoms with E-state index in [1.807, 2.05) is 6.08 Å². The molecule has 1 aliphatic rings. The Morgan fingerprint density at radius 3 is 2.36 bits per heavy atom. The van der Waals surface area contributed by atoms with Crippen LogP contribution in [0.5, 0.6) is 17.2 Å². The van der Waals surface area contributed by atoms with Crippen LogP contribution in [0.25, 0.3) is 6.08 Å². The van der Waals surface area contributed by atoms with Crippen molar-refractivity contribution < 1.29 is 19.0 Å². The fourth-order valence-corrected chi connectivity index (χ4v) is 2.35. The molecule has 0 heterocycles. The average molecular weight is 303 g/mol. The Hall–Kier alpha value is -2.43. The summed E-state index contributed by atoms with van der Waals surface area (Å²) in [4.78, 5) is 11.9. The summed E-state index contributed by atoms with van der Waals surface area (Å²) in [7, 11) is 4.67. The normalized spacial score (nSPS) is 16.8. The molecule has 1 amide bonds. The van der Waals surface area contributed by atoms with Gasteiger partial charge in [-0.05, 0) is 36.6 Å². The molecule has 1 unspecified atom stereocenters. The van der Waals surface area contributed by atoms with Gasteiger partial charge in [-0.1, -0.05) is 12.2 Å². The summed E-state index contributed by atoms with van der Waals surface area (Å²) >= 11 is 0. The van der Waals surface area contributed by atoms with Gasteiger partial charge in [0.2, 0.25) is 11.7 Å². The maximum Gasteiger partial charge on any atom is 0.244 e. The molecule has 118 valence electrons. The molecule has 5 nitrogen and oxygen atoms in total. The lowest BCUT2D eigenvalue weighted by Crippen LogP contribution is -2.30. The summed E-state index contributed by atoms with van der Waals surface area (Å²) in [5, 5.41) is 2.93. The molecule has 1 atom stereocenters. The van der Waals surface area contributed by atoms with E-state index in [2.05, 4.69) is 11.4 Å². The SMILES string of the molecule is COc1cc(/C=C\C(=O)NC2C=CCC2)cc(OC)c1OC. The second-order valence-electron chi connectivity index (χ2n) is 4.91. The smallest absolute Gasteiger partial charge is 0.244 e. The monoisotopic (exact) mass is 303 g/mol. The molecule has 22 heavy (non-hydrogen) atoms. The van der Waals surface area contributed by atoms with Gasteiger partial charge in [0.25, 0.3) is 0 Å². The zero-order valence-electron chi connectivity index (χ0n) is 13.1. The number of benzene rings is 1. The second-order valence-corrected chi connectivity index (χ2v) is 4.91. The van der Waals surface area contributed by atoms with Crippen molar-refractivity contribution in [2.75, 3.05) is 21.3 Å². The quantitative estimate of drug-likeness (QED) is 0.648. The summed E-state index contributed by atoms with van der Waals surface area (Å²) in [5.74, 6) is 1.52. The number of ether oxygens (including phenoxy) is 3. The van der Waals surface area contributed by atoms with Gasteiger partial charge in [0.05, 0.1) is 21.3 Å². The van der Waals surface area contributed by atoms with Crippen LogP contribution in [0, 0.1) is 0 Å². The number of carbonyl (C=O) groups is 1. The lowest BCUT2D eigenvalue weighted by Gasteiger charge is -2.13. The number of hydrogen-bond acceptors (Lipinski definition) is 4. The molecular weight excluding hydrogens is 282 g/mol. The van der Waals surface area contributed by atoms with Crippen LogP contribution in [0.2, 0.25) is 0 Å². The Morgan fingerprint density at radius 2 is 1.86 bits per heavy atom. The van der Waals surface area contributed by atoms with Gasteiger partial charge in [-0.3, -0.25) is 4.79 Å². The number of methoxy groups -OCH3 is 3. The van der Waals surface area contributed by atoms with Crippen molar-refractivity contribution in [3.05, 3.63) is 35.9 Å². The van der Waals surface area contributed by atoms with Gasteiger partial charge < -0.3 is 19.5 Å². The summed E-state index contributed by atoms with van der Waals surface area (Å²) in [5.41, 5.74) is 0.798. The molecule has 0 spiro atoms. The van der Waals surface area contributed by atoms with Gasteiger partial charge in [-0.25, -0.2) is 0 Å². The van der Waals surface area contributed by atoms with E-state index in [9.17, 15) is 4.79 Å². The van der Waals surface area contributed by atoms with Crippen LogP contribution >= 0.6 is 0 Å². The molecule has 0 saturated heterocycles.